The van der Waals surface area contributed by atoms with E-state index in [0.29, 0.717) is 29.3 Å². The van der Waals surface area contributed by atoms with Gasteiger partial charge in [-0.3, -0.25) is 0 Å². The number of benzene rings is 2. The van der Waals surface area contributed by atoms with Crippen LogP contribution in [-0.2, 0) is 13.0 Å². The minimum absolute atomic E-state index is 0.209. The SMILES string of the molecule is COc1ccc(COc2c(Cl)cccc2CCN)cc1F. The van der Waals surface area contributed by atoms with Crippen molar-refractivity contribution in [2.75, 3.05) is 13.7 Å². The third-order valence-electron chi connectivity index (χ3n) is 3.06. The summed E-state index contributed by atoms with van der Waals surface area (Å²) in [6.07, 6.45) is 0.673. The molecule has 0 saturated carbocycles. The molecule has 0 aliphatic heterocycles. The minimum Gasteiger partial charge on any atom is -0.494 e. The number of hydrogen-bond donors (Lipinski definition) is 1. The molecule has 0 bridgehead atoms. The van der Waals surface area contributed by atoms with Crippen LogP contribution in [0.5, 0.6) is 11.5 Å². The average molecular weight is 310 g/mol. The quantitative estimate of drug-likeness (QED) is 0.887. The summed E-state index contributed by atoms with van der Waals surface area (Å²) in [6, 6.07) is 10.2. The molecule has 2 rings (SSSR count). The maximum absolute atomic E-state index is 13.6. The highest BCUT2D eigenvalue weighted by Crippen LogP contribution is 2.30. The van der Waals surface area contributed by atoms with Gasteiger partial charge in [-0.2, -0.15) is 0 Å². The second kappa shape index (κ2) is 7.29. The monoisotopic (exact) mass is 309 g/mol. The van der Waals surface area contributed by atoms with Crippen LogP contribution in [0.25, 0.3) is 0 Å². The summed E-state index contributed by atoms with van der Waals surface area (Å²) in [5.41, 5.74) is 7.22. The summed E-state index contributed by atoms with van der Waals surface area (Å²) in [5.74, 6) is 0.390. The van der Waals surface area contributed by atoms with Crippen LogP contribution in [0.4, 0.5) is 4.39 Å². The van der Waals surface area contributed by atoms with E-state index in [1.165, 1.54) is 13.2 Å². The molecule has 0 aliphatic carbocycles. The molecule has 0 radical (unpaired) electrons. The lowest BCUT2D eigenvalue weighted by Crippen LogP contribution is -2.06. The van der Waals surface area contributed by atoms with E-state index < -0.39 is 5.82 Å². The average Bonchev–Trinajstić information content (AvgIpc) is 2.47. The first kappa shape index (κ1) is 15.6. The molecular formula is C16H17ClFNO2. The Hall–Kier alpha value is -1.78. The van der Waals surface area contributed by atoms with E-state index in [0.717, 1.165) is 5.56 Å². The maximum atomic E-state index is 13.6. The highest BCUT2D eigenvalue weighted by Gasteiger charge is 2.09. The second-order valence-corrected chi connectivity index (χ2v) is 4.93. The van der Waals surface area contributed by atoms with Gasteiger partial charge in [-0.15, -0.1) is 0 Å². The van der Waals surface area contributed by atoms with Gasteiger partial charge < -0.3 is 15.2 Å². The molecule has 0 amide bonds. The normalized spacial score (nSPS) is 10.5. The molecule has 0 unspecified atom stereocenters. The van der Waals surface area contributed by atoms with Gasteiger partial charge in [0.1, 0.15) is 12.4 Å². The number of methoxy groups -OCH3 is 1. The molecule has 0 spiro atoms. The van der Waals surface area contributed by atoms with Crippen molar-refractivity contribution in [2.45, 2.75) is 13.0 Å². The predicted octanol–water partition coefficient (Wildman–Crippen LogP) is 3.57. The van der Waals surface area contributed by atoms with Crippen LogP contribution in [0.2, 0.25) is 5.02 Å². The Kier molecular flexibility index (Phi) is 5.42. The highest BCUT2D eigenvalue weighted by atomic mass is 35.5. The van der Waals surface area contributed by atoms with Crippen LogP contribution < -0.4 is 15.2 Å². The molecular weight excluding hydrogens is 293 g/mol. The topological polar surface area (TPSA) is 44.5 Å². The van der Waals surface area contributed by atoms with E-state index in [2.05, 4.69) is 0 Å². The fraction of sp³-hybridized carbons (Fsp3) is 0.250. The Morgan fingerprint density at radius 3 is 2.71 bits per heavy atom. The first-order valence-corrected chi connectivity index (χ1v) is 6.96. The molecule has 2 aromatic carbocycles. The zero-order valence-electron chi connectivity index (χ0n) is 11.7. The van der Waals surface area contributed by atoms with Crippen LogP contribution >= 0.6 is 11.6 Å². The lowest BCUT2D eigenvalue weighted by Gasteiger charge is -2.13. The van der Waals surface area contributed by atoms with Gasteiger partial charge in [0.15, 0.2) is 11.6 Å². The van der Waals surface area contributed by atoms with Crippen molar-refractivity contribution < 1.29 is 13.9 Å². The lowest BCUT2D eigenvalue weighted by molar-refractivity contribution is 0.302. The van der Waals surface area contributed by atoms with Crippen LogP contribution in [0.3, 0.4) is 0 Å². The molecule has 2 aromatic rings. The van der Waals surface area contributed by atoms with Crippen LogP contribution in [-0.4, -0.2) is 13.7 Å². The highest BCUT2D eigenvalue weighted by molar-refractivity contribution is 6.32. The summed E-state index contributed by atoms with van der Waals surface area (Å²) in [7, 11) is 1.43. The van der Waals surface area contributed by atoms with Gasteiger partial charge in [0.2, 0.25) is 0 Å². The molecule has 0 atom stereocenters. The largest absolute Gasteiger partial charge is 0.494 e. The second-order valence-electron chi connectivity index (χ2n) is 4.52. The summed E-state index contributed by atoms with van der Waals surface area (Å²) in [5, 5.41) is 0.523. The Morgan fingerprint density at radius 1 is 1.24 bits per heavy atom. The minimum atomic E-state index is -0.417. The Bertz CT molecular complexity index is 619. The van der Waals surface area contributed by atoms with Crippen molar-refractivity contribution in [2.24, 2.45) is 5.73 Å². The Labute approximate surface area is 128 Å². The molecule has 2 N–H and O–H groups in total. The third-order valence-corrected chi connectivity index (χ3v) is 3.36. The molecule has 0 fully saturated rings. The van der Waals surface area contributed by atoms with Crippen molar-refractivity contribution in [1.82, 2.24) is 0 Å². The fourth-order valence-electron chi connectivity index (χ4n) is 2.02. The Balaban J connectivity index is 2.14. The molecule has 21 heavy (non-hydrogen) atoms. The fourth-order valence-corrected chi connectivity index (χ4v) is 2.27. The van der Waals surface area contributed by atoms with E-state index in [4.69, 9.17) is 26.8 Å². The molecule has 0 aliphatic rings. The molecule has 5 heteroatoms. The number of ether oxygens (including phenoxy) is 2. The lowest BCUT2D eigenvalue weighted by atomic mass is 10.1. The first-order valence-electron chi connectivity index (χ1n) is 6.58. The number of nitrogens with two attached hydrogens (primary N) is 1. The molecule has 3 nitrogen and oxygen atoms in total. The van der Waals surface area contributed by atoms with Gasteiger partial charge in [0, 0.05) is 0 Å². The molecule has 112 valence electrons. The zero-order chi connectivity index (χ0) is 15.2. The summed E-state index contributed by atoms with van der Waals surface area (Å²) >= 11 is 6.15. The van der Waals surface area contributed by atoms with Gasteiger partial charge in [0.05, 0.1) is 12.1 Å². The van der Waals surface area contributed by atoms with Crippen molar-refractivity contribution >= 4 is 11.6 Å². The summed E-state index contributed by atoms with van der Waals surface area (Å²) in [6.45, 7) is 0.732. The number of hydrogen-bond acceptors (Lipinski definition) is 3. The van der Waals surface area contributed by atoms with E-state index in [9.17, 15) is 4.39 Å². The summed E-state index contributed by atoms with van der Waals surface area (Å²) < 4.78 is 24.3. The smallest absolute Gasteiger partial charge is 0.165 e. The zero-order valence-corrected chi connectivity index (χ0v) is 12.5. The number of halogens is 2. The Morgan fingerprint density at radius 2 is 2.05 bits per heavy atom. The van der Waals surface area contributed by atoms with E-state index in [1.807, 2.05) is 12.1 Å². The van der Waals surface area contributed by atoms with Crippen molar-refractivity contribution in [3.05, 3.63) is 58.4 Å². The standard InChI is InChI=1S/C16H17ClFNO2/c1-20-15-6-5-11(9-14(15)18)10-21-16-12(7-8-19)3-2-4-13(16)17/h2-6,9H,7-8,10,19H2,1H3. The van der Waals surface area contributed by atoms with Crippen molar-refractivity contribution in [3.63, 3.8) is 0 Å². The number of para-hydroxylation sites is 1. The number of rotatable bonds is 6. The van der Waals surface area contributed by atoms with Gasteiger partial charge in [0.25, 0.3) is 0 Å². The van der Waals surface area contributed by atoms with Gasteiger partial charge in [-0.25, -0.2) is 4.39 Å². The van der Waals surface area contributed by atoms with Crippen LogP contribution in [0, 0.1) is 5.82 Å². The first-order chi connectivity index (χ1) is 10.2. The van der Waals surface area contributed by atoms with E-state index in [1.54, 1.807) is 18.2 Å². The van der Waals surface area contributed by atoms with Crippen LogP contribution in [0.15, 0.2) is 36.4 Å². The molecule has 0 heterocycles. The third kappa shape index (κ3) is 3.86. The predicted molar refractivity (Wildman–Crippen MR) is 81.5 cm³/mol. The molecule has 0 aromatic heterocycles. The summed E-state index contributed by atoms with van der Waals surface area (Å²) in [4.78, 5) is 0. The van der Waals surface area contributed by atoms with Crippen molar-refractivity contribution in [1.29, 1.82) is 0 Å². The van der Waals surface area contributed by atoms with Gasteiger partial charge >= 0.3 is 0 Å². The maximum Gasteiger partial charge on any atom is 0.165 e. The van der Waals surface area contributed by atoms with Gasteiger partial charge in [-0.1, -0.05) is 29.8 Å². The van der Waals surface area contributed by atoms with Crippen molar-refractivity contribution in [3.8, 4) is 11.5 Å². The van der Waals surface area contributed by atoms with E-state index >= 15 is 0 Å². The molecule has 0 saturated heterocycles. The van der Waals surface area contributed by atoms with Crippen LogP contribution in [0.1, 0.15) is 11.1 Å². The van der Waals surface area contributed by atoms with Gasteiger partial charge in [-0.05, 0) is 42.3 Å². The van der Waals surface area contributed by atoms with E-state index in [-0.39, 0.29) is 12.4 Å².